The lowest BCUT2D eigenvalue weighted by Crippen LogP contribution is -2.24. The fraction of sp³-hybridized carbons (Fsp3) is 0.333. The van der Waals surface area contributed by atoms with Gasteiger partial charge in [-0.25, -0.2) is 0 Å². The molecule has 1 rings (SSSR count). The van der Waals surface area contributed by atoms with Gasteiger partial charge in [-0.2, -0.15) is 4.83 Å². The van der Waals surface area contributed by atoms with Crippen molar-refractivity contribution in [3.05, 3.63) is 11.6 Å². The molecule has 0 saturated heterocycles. The maximum absolute atomic E-state index is 8.36. The van der Waals surface area contributed by atoms with Crippen molar-refractivity contribution in [3.63, 3.8) is 0 Å². The van der Waals surface area contributed by atoms with Gasteiger partial charge in [0, 0.05) is 11.6 Å². The first kappa shape index (κ1) is 4.96. The maximum atomic E-state index is 8.36. The second-order valence-electron chi connectivity index (χ2n) is 1.11. The molecule has 3 nitrogen and oxygen atoms in total. The smallest absolute Gasteiger partial charge is 0.130 e. The van der Waals surface area contributed by atoms with Gasteiger partial charge in [-0.1, -0.05) is 0 Å². The summed E-state index contributed by atoms with van der Waals surface area (Å²) in [6.07, 6.45) is 1.77. The van der Waals surface area contributed by atoms with Crippen molar-refractivity contribution in [1.82, 2.24) is 9.84 Å². The second kappa shape index (κ2) is 2.20. The Hall–Kier alpha value is -0.190. The highest BCUT2D eigenvalue weighted by Crippen LogP contribution is 2.05. The highest BCUT2D eigenvalue weighted by atomic mass is 32.2. The highest BCUT2D eigenvalue weighted by Gasteiger charge is 1.97. The lowest BCUT2D eigenvalue weighted by molar-refractivity contribution is 0.141. The van der Waals surface area contributed by atoms with Crippen molar-refractivity contribution in [2.45, 2.75) is 0 Å². The van der Waals surface area contributed by atoms with Crippen LogP contribution in [0.4, 0.5) is 0 Å². The molecule has 0 radical (unpaired) electrons. The minimum Gasteiger partial charge on any atom is -0.375 e. The van der Waals surface area contributed by atoms with E-state index < -0.39 is 0 Å². The maximum Gasteiger partial charge on any atom is 0.130 e. The van der Waals surface area contributed by atoms with Crippen LogP contribution in [0.15, 0.2) is 11.6 Å². The fourth-order valence-corrected chi connectivity index (χ4v) is 0.831. The first-order chi connectivity index (χ1) is 3.43. The van der Waals surface area contributed by atoms with Crippen LogP contribution in [-0.2, 0) is 0 Å². The molecule has 40 valence electrons. The van der Waals surface area contributed by atoms with E-state index in [1.165, 1.54) is 11.9 Å². The summed E-state index contributed by atoms with van der Waals surface area (Å²) in [4.78, 5) is 2.80. The SMILES string of the molecule is OCN1C=CSN1. The zero-order valence-electron chi connectivity index (χ0n) is 3.66. The number of aliphatic hydroxyl groups excluding tert-OH is 1. The molecule has 0 aromatic heterocycles. The van der Waals surface area contributed by atoms with Crippen molar-refractivity contribution in [3.8, 4) is 0 Å². The van der Waals surface area contributed by atoms with Gasteiger partial charge in [0.1, 0.15) is 6.73 Å². The molecule has 0 aromatic rings. The fourth-order valence-electron chi connectivity index (χ4n) is 0.308. The van der Waals surface area contributed by atoms with Crippen molar-refractivity contribution in [2.24, 2.45) is 0 Å². The summed E-state index contributed by atoms with van der Waals surface area (Å²) in [5, 5.41) is 11.8. The normalized spacial score (nSPS) is 18.7. The van der Waals surface area contributed by atoms with Crippen LogP contribution in [-0.4, -0.2) is 16.8 Å². The number of hydrogen-bond acceptors (Lipinski definition) is 4. The molecular weight excluding hydrogens is 112 g/mol. The summed E-state index contributed by atoms with van der Waals surface area (Å²) < 4.78 is 0. The lowest BCUT2D eigenvalue weighted by Gasteiger charge is -2.08. The van der Waals surface area contributed by atoms with Gasteiger partial charge < -0.3 is 5.11 Å². The number of hydrazine groups is 1. The molecule has 0 saturated carbocycles. The minimum atomic E-state index is 0.0312. The Morgan fingerprint density at radius 3 is 3.00 bits per heavy atom. The number of rotatable bonds is 1. The van der Waals surface area contributed by atoms with Crippen LogP contribution in [0.2, 0.25) is 0 Å². The number of hydrogen-bond donors (Lipinski definition) is 2. The van der Waals surface area contributed by atoms with Crippen LogP contribution in [0.1, 0.15) is 0 Å². The van der Waals surface area contributed by atoms with Gasteiger partial charge in [0.2, 0.25) is 0 Å². The molecule has 2 N–H and O–H groups in total. The van der Waals surface area contributed by atoms with E-state index in [2.05, 4.69) is 4.83 Å². The highest BCUT2D eigenvalue weighted by molar-refractivity contribution is 8.00. The van der Waals surface area contributed by atoms with E-state index in [1.54, 1.807) is 11.2 Å². The third-order valence-corrected chi connectivity index (χ3v) is 1.23. The Morgan fingerprint density at radius 2 is 2.71 bits per heavy atom. The van der Waals surface area contributed by atoms with Crippen LogP contribution in [0, 0.1) is 0 Å². The van der Waals surface area contributed by atoms with Gasteiger partial charge in [-0.05, 0) is 11.9 Å². The second-order valence-corrected chi connectivity index (χ2v) is 1.80. The quantitative estimate of drug-likeness (QED) is 0.470. The molecule has 0 amide bonds. The zero-order valence-corrected chi connectivity index (χ0v) is 4.48. The molecule has 1 aliphatic heterocycles. The van der Waals surface area contributed by atoms with Crippen LogP contribution in [0.3, 0.4) is 0 Å². The van der Waals surface area contributed by atoms with Crippen LogP contribution in [0.5, 0.6) is 0 Å². The Balaban J connectivity index is 2.28. The van der Waals surface area contributed by atoms with Gasteiger partial charge in [0.15, 0.2) is 0 Å². The monoisotopic (exact) mass is 118 g/mol. The minimum absolute atomic E-state index is 0.0312. The van der Waals surface area contributed by atoms with Gasteiger partial charge in [-0.15, -0.1) is 0 Å². The summed E-state index contributed by atoms with van der Waals surface area (Å²) in [6.45, 7) is 0.0312. The van der Waals surface area contributed by atoms with Crippen LogP contribution in [0.25, 0.3) is 0 Å². The average Bonchev–Trinajstić information content (AvgIpc) is 2.14. The molecule has 0 aliphatic carbocycles. The van der Waals surface area contributed by atoms with Gasteiger partial charge in [-0.3, -0.25) is 5.01 Å². The average molecular weight is 118 g/mol. The van der Waals surface area contributed by atoms with E-state index in [9.17, 15) is 0 Å². The van der Waals surface area contributed by atoms with Gasteiger partial charge in [0.25, 0.3) is 0 Å². The topological polar surface area (TPSA) is 35.5 Å². The van der Waals surface area contributed by atoms with Crippen molar-refractivity contribution < 1.29 is 5.11 Å². The van der Waals surface area contributed by atoms with Crippen molar-refractivity contribution in [2.75, 3.05) is 6.73 Å². The van der Waals surface area contributed by atoms with Crippen molar-refractivity contribution in [1.29, 1.82) is 0 Å². The Kier molecular flexibility index (Phi) is 1.56. The molecule has 1 aliphatic rings. The Bertz CT molecular complexity index is 85.0. The number of aliphatic hydroxyl groups is 1. The largest absolute Gasteiger partial charge is 0.375 e. The molecule has 7 heavy (non-hydrogen) atoms. The van der Waals surface area contributed by atoms with E-state index >= 15 is 0 Å². The predicted octanol–water partition coefficient (Wildman–Crippen LogP) is -0.124. The molecule has 0 spiro atoms. The summed E-state index contributed by atoms with van der Waals surface area (Å²) >= 11 is 1.44. The third kappa shape index (κ3) is 1.09. The van der Waals surface area contributed by atoms with E-state index in [0.29, 0.717) is 0 Å². The summed E-state index contributed by atoms with van der Waals surface area (Å²) in [5.74, 6) is 0. The first-order valence-corrected chi connectivity index (χ1v) is 2.77. The van der Waals surface area contributed by atoms with Gasteiger partial charge in [0.05, 0.1) is 0 Å². The van der Waals surface area contributed by atoms with E-state index in [0.717, 1.165) is 0 Å². The number of nitrogens with one attached hydrogen (secondary N) is 1. The lowest BCUT2D eigenvalue weighted by atomic mass is 10.9. The van der Waals surface area contributed by atoms with Crippen LogP contribution >= 0.6 is 11.9 Å². The molecular formula is C3H6N2OS. The summed E-state index contributed by atoms with van der Waals surface area (Å²) in [7, 11) is 0. The zero-order chi connectivity index (χ0) is 5.11. The molecule has 4 heteroatoms. The Labute approximate surface area is 46.1 Å². The van der Waals surface area contributed by atoms with E-state index in [4.69, 9.17) is 5.11 Å². The van der Waals surface area contributed by atoms with E-state index in [-0.39, 0.29) is 6.73 Å². The first-order valence-electron chi connectivity index (χ1n) is 1.89. The van der Waals surface area contributed by atoms with Gasteiger partial charge >= 0.3 is 0 Å². The molecule has 1 heterocycles. The number of nitrogens with zero attached hydrogens (tertiary/aromatic N) is 1. The summed E-state index contributed by atoms with van der Waals surface area (Å²) in [6, 6.07) is 0. The molecule has 0 atom stereocenters. The predicted molar refractivity (Wildman–Crippen MR) is 28.8 cm³/mol. The third-order valence-electron chi connectivity index (χ3n) is 0.631. The molecule has 0 unspecified atom stereocenters. The molecule has 0 fully saturated rings. The Morgan fingerprint density at radius 1 is 1.86 bits per heavy atom. The van der Waals surface area contributed by atoms with Crippen molar-refractivity contribution >= 4 is 11.9 Å². The molecule has 0 bridgehead atoms. The van der Waals surface area contributed by atoms with E-state index in [1.807, 2.05) is 5.41 Å². The van der Waals surface area contributed by atoms with Crippen LogP contribution < -0.4 is 4.83 Å². The molecule has 0 aromatic carbocycles. The standard InChI is InChI=1S/C3H6N2OS/c6-3-5-1-2-7-4-5/h1-2,4,6H,3H2. The summed E-state index contributed by atoms with van der Waals surface area (Å²) in [5.41, 5.74) is 0.